The van der Waals surface area contributed by atoms with Crippen molar-refractivity contribution in [1.82, 2.24) is 5.01 Å². The van der Waals surface area contributed by atoms with Gasteiger partial charge in [-0.05, 0) is 39.7 Å². The smallest absolute Gasteiger partial charge is 0.356 e. The highest BCUT2D eigenvalue weighted by molar-refractivity contribution is 5.88. The minimum Gasteiger partial charge on any atom is -0.461 e. The van der Waals surface area contributed by atoms with E-state index in [1.807, 2.05) is 26.8 Å². The Labute approximate surface area is 104 Å². The van der Waals surface area contributed by atoms with Gasteiger partial charge in [0.1, 0.15) is 5.70 Å². The van der Waals surface area contributed by atoms with Crippen LogP contribution in [0.15, 0.2) is 23.0 Å². The third kappa shape index (κ3) is 5.04. The Kier molecular flexibility index (Phi) is 7.30. The fraction of sp³-hybridized carbons (Fsp3) is 0.615. The second-order valence-corrected chi connectivity index (χ2v) is 4.07. The van der Waals surface area contributed by atoms with Crippen molar-refractivity contribution in [2.24, 2.45) is 5.84 Å². The molecule has 0 amide bonds. The number of hydrogen-bond acceptors (Lipinski definition) is 4. The topological polar surface area (TPSA) is 55.6 Å². The van der Waals surface area contributed by atoms with Gasteiger partial charge in [-0.15, -0.1) is 0 Å². The number of rotatable bonds is 6. The van der Waals surface area contributed by atoms with Gasteiger partial charge in [0.2, 0.25) is 0 Å². The van der Waals surface area contributed by atoms with Crippen molar-refractivity contribution in [3.8, 4) is 0 Å². The quantitative estimate of drug-likeness (QED) is 0.336. The van der Waals surface area contributed by atoms with Gasteiger partial charge in [-0.2, -0.15) is 0 Å². The maximum absolute atomic E-state index is 11.8. The highest BCUT2D eigenvalue weighted by atomic mass is 16.5. The lowest BCUT2D eigenvalue weighted by Gasteiger charge is -2.22. The number of ether oxygens (including phenoxy) is 1. The molecule has 0 aliphatic carbocycles. The van der Waals surface area contributed by atoms with Crippen molar-refractivity contribution >= 4 is 5.97 Å². The number of hydrogen-bond donors (Lipinski definition) is 1. The molecule has 4 nitrogen and oxygen atoms in total. The normalized spacial score (nSPS) is 11.1. The van der Waals surface area contributed by atoms with Crippen LogP contribution in [0.4, 0.5) is 0 Å². The summed E-state index contributed by atoms with van der Waals surface area (Å²) >= 11 is 0. The molecule has 0 atom stereocenters. The number of nitrogens with zero attached hydrogens (tertiary/aromatic N) is 1. The number of carbonyl (C=O) groups excluding carboxylic acids is 1. The average Bonchev–Trinajstić information content (AvgIpc) is 2.25. The Morgan fingerprint density at radius 2 is 1.88 bits per heavy atom. The Hall–Kier alpha value is -1.29. The molecule has 2 N–H and O–H groups in total. The molecule has 0 saturated carbocycles. The summed E-state index contributed by atoms with van der Waals surface area (Å²) in [5.41, 5.74) is 2.11. The van der Waals surface area contributed by atoms with Gasteiger partial charge in [0.05, 0.1) is 6.61 Å². The van der Waals surface area contributed by atoms with Crippen molar-refractivity contribution in [1.29, 1.82) is 0 Å². The minimum atomic E-state index is -0.376. The second kappa shape index (κ2) is 7.90. The average molecular weight is 240 g/mol. The van der Waals surface area contributed by atoms with Crippen molar-refractivity contribution < 1.29 is 9.53 Å². The van der Waals surface area contributed by atoms with Gasteiger partial charge in [-0.3, -0.25) is 5.01 Å². The SMILES string of the molecule is CCC/C=C(/C)N(N)C(C(=O)OCC)=C(C)C. The zero-order valence-electron chi connectivity index (χ0n) is 11.5. The van der Waals surface area contributed by atoms with E-state index in [4.69, 9.17) is 10.6 Å². The second-order valence-electron chi connectivity index (χ2n) is 4.07. The molecule has 0 rings (SSSR count). The van der Waals surface area contributed by atoms with Gasteiger partial charge in [0.15, 0.2) is 0 Å². The highest BCUT2D eigenvalue weighted by Crippen LogP contribution is 2.14. The molecule has 0 heterocycles. The van der Waals surface area contributed by atoms with Crippen LogP contribution in [-0.2, 0) is 9.53 Å². The highest BCUT2D eigenvalue weighted by Gasteiger charge is 2.18. The van der Waals surface area contributed by atoms with E-state index < -0.39 is 0 Å². The first kappa shape index (κ1) is 15.7. The van der Waals surface area contributed by atoms with Crippen LogP contribution in [0.2, 0.25) is 0 Å². The van der Waals surface area contributed by atoms with E-state index in [0.29, 0.717) is 12.3 Å². The molecule has 17 heavy (non-hydrogen) atoms. The van der Waals surface area contributed by atoms with Gasteiger partial charge in [0.25, 0.3) is 0 Å². The molecule has 0 bridgehead atoms. The fourth-order valence-corrected chi connectivity index (χ4v) is 1.37. The van der Waals surface area contributed by atoms with E-state index >= 15 is 0 Å². The lowest BCUT2D eigenvalue weighted by molar-refractivity contribution is -0.140. The summed E-state index contributed by atoms with van der Waals surface area (Å²) in [7, 11) is 0. The van der Waals surface area contributed by atoms with Crippen molar-refractivity contribution in [2.45, 2.75) is 47.5 Å². The van der Waals surface area contributed by atoms with Crippen molar-refractivity contribution in [3.05, 3.63) is 23.0 Å². The molecule has 0 aromatic rings. The molecule has 4 heteroatoms. The molecule has 0 saturated heterocycles. The number of carbonyl (C=O) groups is 1. The fourth-order valence-electron chi connectivity index (χ4n) is 1.37. The van der Waals surface area contributed by atoms with Gasteiger partial charge in [-0.25, -0.2) is 10.6 Å². The molecule has 0 unspecified atom stereocenters. The predicted molar refractivity (Wildman–Crippen MR) is 69.7 cm³/mol. The Bertz CT molecular complexity index is 315. The van der Waals surface area contributed by atoms with E-state index in [9.17, 15) is 4.79 Å². The number of allylic oxidation sites excluding steroid dienone is 3. The van der Waals surface area contributed by atoms with Crippen molar-refractivity contribution in [2.75, 3.05) is 6.61 Å². The number of esters is 1. The molecule has 0 radical (unpaired) electrons. The van der Waals surface area contributed by atoms with Gasteiger partial charge >= 0.3 is 5.97 Å². The number of hydrazine groups is 1. The van der Waals surface area contributed by atoms with E-state index in [2.05, 4.69) is 6.92 Å². The van der Waals surface area contributed by atoms with Crippen LogP contribution >= 0.6 is 0 Å². The van der Waals surface area contributed by atoms with Crippen molar-refractivity contribution in [3.63, 3.8) is 0 Å². The molecule has 0 spiro atoms. The summed E-state index contributed by atoms with van der Waals surface area (Å²) in [5, 5.41) is 1.41. The Morgan fingerprint density at radius 3 is 2.29 bits per heavy atom. The van der Waals surface area contributed by atoms with Crippen LogP contribution in [0.25, 0.3) is 0 Å². The summed E-state index contributed by atoms with van der Waals surface area (Å²) < 4.78 is 5.00. The number of nitrogens with two attached hydrogens (primary N) is 1. The van der Waals surface area contributed by atoms with E-state index in [0.717, 1.165) is 24.1 Å². The first-order valence-corrected chi connectivity index (χ1v) is 6.01. The number of unbranched alkanes of at least 4 members (excludes halogenated alkanes) is 1. The maximum atomic E-state index is 11.8. The third-order valence-corrected chi connectivity index (χ3v) is 2.29. The third-order valence-electron chi connectivity index (χ3n) is 2.29. The lowest BCUT2D eigenvalue weighted by atomic mass is 10.2. The molecule has 0 aliphatic rings. The summed E-state index contributed by atoms with van der Waals surface area (Å²) in [5.74, 6) is 5.57. The van der Waals surface area contributed by atoms with Gasteiger partial charge < -0.3 is 4.74 Å². The molecule has 0 aliphatic heterocycles. The molecular weight excluding hydrogens is 216 g/mol. The summed E-state index contributed by atoms with van der Waals surface area (Å²) in [6.07, 6.45) is 4.01. The molecule has 98 valence electrons. The van der Waals surface area contributed by atoms with Crippen LogP contribution in [-0.4, -0.2) is 17.6 Å². The molecule has 0 fully saturated rings. The summed E-state index contributed by atoms with van der Waals surface area (Å²) in [6.45, 7) is 9.80. The maximum Gasteiger partial charge on any atom is 0.356 e. The zero-order chi connectivity index (χ0) is 13.4. The standard InChI is InChI=1S/C13H24N2O2/c1-6-8-9-11(5)15(14)12(10(3)4)13(16)17-7-2/h9H,6-8,14H2,1-5H3/b11-9-. The first-order chi connectivity index (χ1) is 7.95. The van der Waals surface area contributed by atoms with E-state index in [1.165, 1.54) is 5.01 Å². The van der Waals surface area contributed by atoms with Crippen LogP contribution in [0.5, 0.6) is 0 Å². The molecule has 0 aromatic heterocycles. The van der Waals surface area contributed by atoms with Crippen LogP contribution < -0.4 is 5.84 Å². The van der Waals surface area contributed by atoms with Gasteiger partial charge in [0, 0.05) is 5.70 Å². The molecule has 0 aromatic carbocycles. The first-order valence-electron chi connectivity index (χ1n) is 6.01. The largest absolute Gasteiger partial charge is 0.461 e. The van der Waals surface area contributed by atoms with E-state index in [-0.39, 0.29) is 5.97 Å². The Balaban J connectivity index is 4.98. The zero-order valence-corrected chi connectivity index (χ0v) is 11.5. The van der Waals surface area contributed by atoms with Crippen LogP contribution in [0.1, 0.15) is 47.5 Å². The van der Waals surface area contributed by atoms with Gasteiger partial charge in [-0.1, -0.05) is 19.4 Å². The van der Waals surface area contributed by atoms with E-state index in [1.54, 1.807) is 6.92 Å². The minimum absolute atomic E-state index is 0.348. The Morgan fingerprint density at radius 1 is 1.29 bits per heavy atom. The summed E-state index contributed by atoms with van der Waals surface area (Å²) in [6, 6.07) is 0. The predicted octanol–water partition coefficient (Wildman–Crippen LogP) is 2.72. The monoisotopic (exact) mass is 240 g/mol. The van der Waals surface area contributed by atoms with Crippen LogP contribution in [0.3, 0.4) is 0 Å². The summed E-state index contributed by atoms with van der Waals surface area (Å²) in [4.78, 5) is 11.8. The molecular formula is C13H24N2O2. The van der Waals surface area contributed by atoms with Crippen LogP contribution in [0, 0.1) is 0 Å². The lowest BCUT2D eigenvalue weighted by Crippen LogP contribution is -2.34.